The summed E-state index contributed by atoms with van der Waals surface area (Å²) in [4.78, 5) is 24.2. The van der Waals surface area contributed by atoms with Gasteiger partial charge in [0.1, 0.15) is 12.4 Å². The van der Waals surface area contributed by atoms with Crippen molar-refractivity contribution in [2.24, 2.45) is 0 Å². The van der Waals surface area contributed by atoms with E-state index in [0.29, 0.717) is 35.5 Å². The number of aryl methyl sites for hydroxylation is 2. The Kier molecular flexibility index (Phi) is 8.30. The summed E-state index contributed by atoms with van der Waals surface area (Å²) in [6.45, 7) is 6.20. The number of ether oxygens (including phenoxy) is 1. The lowest BCUT2D eigenvalue weighted by Crippen LogP contribution is -2.30. The van der Waals surface area contributed by atoms with Gasteiger partial charge in [0.05, 0.1) is 25.0 Å². The summed E-state index contributed by atoms with van der Waals surface area (Å²) in [5, 5.41) is 2.83. The van der Waals surface area contributed by atoms with Gasteiger partial charge in [0, 0.05) is 11.1 Å². The molecule has 0 saturated heterocycles. The second kappa shape index (κ2) is 11.2. The molecule has 1 amide bonds. The Balaban J connectivity index is 1.61. The van der Waals surface area contributed by atoms with Crippen LogP contribution >= 0.6 is 0 Å². The monoisotopic (exact) mass is 494 g/mol. The summed E-state index contributed by atoms with van der Waals surface area (Å²) < 4.78 is 31.9. The minimum absolute atomic E-state index is 0.0752. The standard InChI is InChI=1S/C27H30N2O5S/c1-19-8-13-26(20(2)16-19)34-15-14-28-27(31)23-11-9-22(10-12-23)18-29(35(4,32)33)25-7-5-6-24(17-25)21(3)30/h5-13,16-17H,14-15,18H2,1-4H3,(H,28,31). The van der Waals surface area contributed by atoms with Crippen molar-refractivity contribution >= 4 is 27.4 Å². The van der Waals surface area contributed by atoms with Crippen molar-refractivity contribution in [2.75, 3.05) is 23.7 Å². The second-order valence-corrected chi connectivity index (χ2v) is 10.4. The van der Waals surface area contributed by atoms with Gasteiger partial charge in [0.15, 0.2) is 5.78 Å². The van der Waals surface area contributed by atoms with Crippen LogP contribution in [0.5, 0.6) is 5.75 Å². The highest BCUT2D eigenvalue weighted by atomic mass is 32.2. The van der Waals surface area contributed by atoms with Gasteiger partial charge in [0.25, 0.3) is 5.91 Å². The smallest absolute Gasteiger partial charge is 0.251 e. The van der Waals surface area contributed by atoms with E-state index < -0.39 is 10.0 Å². The van der Waals surface area contributed by atoms with Crippen LogP contribution in [0, 0.1) is 13.8 Å². The second-order valence-electron chi connectivity index (χ2n) is 8.45. The topological polar surface area (TPSA) is 92.8 Å². The average Bonchev–Trinajstić information content (AvgIpc) is 2.81. The Morgan fingerprint density at radius 3 is 2.29 bits per heavy atom. The molecule has 0 fully saturated rings. The minimum atomic E-state index is -3.60. The summed E-state index contributed by atoms with van der Waals surface area (Å²) in [5.41, 5.74) is 4.22. The first-order chi connectivity index (χ1) is 16.5. The summed E-state index contributed by atoms with van der Waals surface area (Å²) >= 11 is 0. The Morgan fingerprint density at radius 1 is 0.943 bits per heavy atom. The molecule has 3 rings (SSSR count). The minimum Gasteiger partial charge on any atom is -0.491 e. The third-order valence-corrected chi connectivity index (χ3v) is 6.60. The van der Waals surface area contributed by atoms with Crippen molar-refractivity contribution in [3.8, 4) is 5.75 Å². The number of rotatable bonds is 10. The van der Waals surface area contributed by atoms with Crippen LogP contribution in [-0.4, -0.2) is 39.5 Å². The average molecular weight is 495 g/mol. The molecule has 184 valence electrons. The molecule has 0 radical (unpaired) electrons. The Labute approximate surface area is 206 Å². The zero-order valence-corrected chi connectivity index (χ0v) is 21.2. The van der Waals surface area contributed by atoms with Crippen LogP contribution in [0.15, 0.2) is 66.7 Å². The van der Waals surface area contributed by atoms with Crippen molar-refractivity contribution in [3.05, 3.63) is 94.5 Å². The number of ketones is 1. The molecule has 0 aromatic heterocycles. The molecule has 0 unspecified atom stereocenters. The molecule has 0 spiro atoms. The van der Waals surface area contributed by atoms with E-state index in [2.05, 4.69) is 5.32 Å². The maximum atomic E-state index is 12.5. The van der Waals surface area contributed by atoms with Gasteiger partial charge < -0.3 is 10.1 Å². The molecule has 35 heavy (non-hydrogen) atoms. The highest BCUT2D eigenvalue weighted by Crippen LogP contribution is 2.22. The van der Waals surface area contributed by atoms with Crippen LogP contribution in [0.1, 0.15) is 44.3 Å². The molecule has 0 heterocycles. The van der Waals surface area contributed by atoms with Crippen LogP contribution in [0.4, 0.5) is 5.69 Å². The summed E-state index contributed by atoms with van der Waals surface area (Å²) in [6.07, 6.45) is 1.12. The molecule has 0 saturated carbocycles. The van der Waals surface area contributed by atoms with Crippen molar-refractivity contribution in [1.29, 1.82) is 0 Å². The number of hydrogen-bond donors (Lipinski definition) is 1. The van der Waals surface area contributed by atoms with Crippen LogP contribution in [0.25, 0.3) is 0 Å². The van der Waals surface area contributed by atoms with Gasteiger partial charge in [0.2, 0.25) is 10.0 Å². The van der Waals surface area contributed by atoms with E-state index in [-0.39, 0.29) is 18.2 Å². The number of amides is 1. The maximum absolute atomic E-state index is 12.5. The lowest BCUT2D eigenvalue weighted by Gasteiger charge is -2.23. The van der Waals surface area contributed by atoms with Crippen LogP contribution in [0.3, 0.4) is 0 Å². The highest BCUT2D eigenvalue weighted by Gasteiger charge is 2.19. The van der Waals surface area contributed by atoms with E-state index in [1.165, 1.54) is 11.2 Å². The molecular weight excluding hydrogens is 464 g/mol. The van der Waals surface area contributed by atoms with Crippen molar-refractivity contribution in [3.63, 3.8) is 0 Å². The molecule has 1 N–H and O–H groups in total. The van der Waals surface area contributed by atoms with Crippen LogP contribution < -0.4 is 14.4 Å². The molecular formula is C27H30N2O5S. The molecule has 3 aromatic carbocycles. The first-order valence-corrected chi connectivity index (χ1v) is 13.1. The largest absolute Gasteiger partial charge is 0.491 e. The molecule has 0 atom stereocenters. The number of hydrogen-bond acceptors (Lipinski definition) is 5. The van der Waals surface area contributed by atoms with Crippen molar-refractivity contribution < 1.29 is 22.7 Å². The summed E-state index contributed by atoms with van der Waals surface area (Å²) in [7, 11) is -3.60. The fraction of sp³-hybridized carbons (Fsp3) is 0.259. The third-order valence-electron chi connectivity index (χ3n) is 5.46. The molecule has 0 aliphatic rings. The maximum Gasteiger partial charge on any atom is 0.251 e. The predicted octanol–water partition coefficient (Wildman–Crippen LogP) is 4.28. The SMILES string of the molecule is CC(=O)c1cccc(N(Cc2ccc(C(=O)NCCOc3ccc(C)cc3C)cc2)S(C)(=O)=O)c1. The number of sulfonamides is 1. The van der Waals surface area contributed by atoms with Gasteiger partial charge >= 0.3 is 0 Å². The molecule has 0 bridgehead atoms. The fourth-order valence-electron chi connectivity index (χ4n) is 3.60. The molecule has 0 aliphatic carbocycles. The van der Waals surface area contributed by atoms with Crippen molar-refractivity contribution in [1.82, 2.24) is 5.32 Å². The normalized spacial score (nSPS) is 11.1. The third kappa shape index (κ3) is 7.16. The molecule has 7 nitrogen and oxygen atoms in total. The molecule has 0 aliphatic heterocycles. The Hall–Kier alpha value is -3.65. The zero-order chi connectivity index (χ0) is 25.6. The quantitative estimate of drug-likeness (QED) is 0.335. The lowest BCUT2D eigenvalue weighted by molar-refractivity contribution is 0.0946. The van der Waals surface area contributed by atoms with Gasteiger partial charge in [-0.3, -0.25) is 13.9 Å². The van der Waals surface area contributed by atoms with Gasteiger partial charge in [-0.2, -0.15) is 0 Å². The highest BCUT2D eigenvalue weighted by molar-refractivity contribution is 7.92. The van der Waals surface area contributed by atoms with Crippen LogP contribution in [0.2, 0.25) is 0 Å². The Morgan fingerprint density at radius 2 is 1.66 bits per heavy atom. The zero-order valence-electron chi connectivity index (χ0n) is 20.4. The molecule has 3 aromatic rings. The van der Waals surface area contributed by atoms with Gasteiger partial charge in [-0.05, 0) is 62.2 Å². The summed E-state index contributed by atoms with van der Waals surface area (Å²) in [6, 6.07) is 19.2. The number of Topliss-reactive ketones (excluding diaryl/α,β-unsaturated/α-hetero) is 1. The van der Waals surface area contributed by atoms with Gasteiger partial charge in [-0.15, -0.1) is 0 Å². The number of carbonyl (C=O) groups is 2. The van der Waals surface area contributed by atoms with E-state index in [4.69, 9.17) is 4.74 Å². The number of benzene rings is 3. The van der Waals surface area contributed by atoms with E-state index in [0.717, 1.165) is 23.1 Å². The van der Waals surface area contributed by atoms with Gasteiger partial charge in [-0.1, -0.05) is 42.0 Å². The fourth-order valence-corrected chi connectivity index (χ4v) is 4.48. The van der Waals surface area contributed by atoms with E-state index in [1.54, 1.807) is 48.5 Å². The Bertz CT molecular complexity index is 1320. The number of nitrogens with zero attached hydrogens (tertiary/aromatic N) is 1. The van der Waals surface area contributed by atoms with Crippen LogP contribution in [-0.2, 0) is 16.6 Å². The first-order valence-electron chi connectivity index (χ1n) is 11.2. The first kappa shape index (κ1) is 26.0. The number of carbonyl (C=O) groups excluding carboxylic acids is 2. The summed E-state index contributed by atoms with van der Waals surface area (Å²) in [5.74, 6) is 0.406. The predicted molar refractivity (Wildman–Crippen MR) is 138 cm³/mol. The van der Waals surface area contributed by atoms with E-state index in [1.807, 2.05) is 32.0 Å². The van der Waals surface area contributed by atoms with E-state index >= 15 is 0 Å². The lowest BCUT2D eigenvalue weighted by atomic mass is 10.1. The molecule has 8 heteroatoms. The van der Waals surface area contributed by atoms with Crippen molar-refractivity contribution in [2.45, 2.75) is 27.3 Å². The van der Waals surface area contributed by atoms with Gasteiger partial charge in [-0.25, -0.2) is 8.42 Å². The number of nitrogens with one attached hydrogen (secondary N) is 1. The van der Waals surface area contributed by atoms with E-state index in [9.17, 15) is 18.0 Å². The number of anilines is 1.